The number of carboxylic acids is 1. The first-order chi connectivity index (χ1) is 7.61. The maximum Gasteiger partial charge on any atom is 0.339 e. The van der Waals surface area contributed by atoms with E-state index in [0.29, 0.717) is 10.6 Å². The first kappa shape index (κ1) is 10.6. The van der Waals surface area contributed by atoms with Crippen LogP contribution in [0.1, 0.15) is 15.2 Å². The lowest BCUT2D eigenvalue weighted by atomic mass is 10.0. The van der Waals surface area contributed by atoms with Crippen molar-refractivity contribution in [3.8, 4) is 11.1 Å². The van der Waals surface area contributed by atoms with Crippen LogP contribution in [0.3, 0.4) is 0 Å². The Balaban J connectivity index is 2.69. The van der Waals surface area contributed by atoms with Gasteiger partial charge in [0.25, 0.3) is 0 Å². The monoisotopic (exact) mass is 234 g/mol. The number of carboxylic acid groups (broad SMARTS) is 1. The number of aryl methyl sites for hydroxylation is 1. The van der Waals surface area contributed by atoms with Gasteiger partial charge in [-0.05, 0) is 13.0 Å². The molecule has 5 heteroatoms. The molecule has 2 aromatic rings. The van der Waals surface area contributed by atoms with Crippen LogP contribution in [-0.2, 0) is 0 Å². The summed E-state index contributed by atoms with van der Waals surface area (Å²) in [6.07, 6.45) is 3.29. The third-order valence-electron chi connectivity index (χ3n) is 2.28. The number of nitrogens with two attached hydrogens (primary N) is 1. The molecule has 0 unspecified atom stereocenters. The number of carbonyl (C=O) groups is 1. The summed E-state index contributed by atoms with van der Waals surface area (Å²) in [4.78, 5) is 16.0. The van der Waals surface area contributed by atoms with Crippen LogP contribution in [0.4, 0.5) is 5.00 Å². The number of thiophene rings is 1. The molecule has 2 rings (SSSR count). The van der Waals surface area contributed by atoms with Crippen LogP contribution in [0.25, 0.3) is 11.1 Å². The maximum absolute atomic E-state index is 11.1. The van der Waals surface area contributed by atoms with Crippen LogP contribution in [0.5, 0.6) is 0 Å². The second-order valence-electron chi connectivity index (χ2n) is 3.32. The third kappa shape index (κ3) is 1.65. The minimum Gasteiger partial charge on any atom is -0.478 e. The number of hydrogen-bond donors (Lipinski definition) is 2. The lowest BCUT2D eigenvalue weighted by Gasteiger charge is -2.02. The van der Waals surface area contributed by atoms with E-state index in [4.69, 9.17) is 10.8 Å². The highest BCUT2D eigenvalue weighted by Crippen LogP contribution is 2.37. The van der Waals surface area contributed by atoms with E-state index in [2.05, 4.69) is 4.98 Å². The molecule has 16 heavy (non-hydrogen) atoms. The Kier molecular flexibility index (Phi) is 2.62. The van der Waals surface area contributed by atoms with Crippen LogP contribution in [0.2, 0.25) is 0 Å². The quantitative estimate of drug-likeness (QED) is 0.836. The van der Waals surface area contributed by atoms with Gasteiger partial charge in [-0.3, -0.25) is 4.98 Å². The van der Waals surface area contributed by atoms with Crippen molar-refractivity contribution < 1.29 is 9.90 Å². The maximum atomic E-state index is 11.1. The lowest BCUT2D eigenvalue weighted by Crippen LogP contribution is -2.00. The van der Waals surface area contributed by atoms with E-state index in [1.807, 2.05) is 13.0 Å². The summed E-state index contributed by atoms with van der Waals surface area (Å²) < 4.78 is 0. The molecule has 0 spiro atoms. The van der Waals surface area contributed by atoms with Gasteiger partial charge in [-0.15, -0.1) is 11.3 Å². The average Bonchev–Trinajstić information content (AvgIpc) is 2.55. The Bertz CT molecular complexity index is 534. The summed E-state index contributed by atoms with van der Waals surface area (Å²) in [5.41, 5.74) is 7.33. The minimum absolute atomic E-state index is 0.176. The highest BCUT2D eigenvalue weighted by atomic mass is 32.1. The van der Waals surface area contributed by atoms with Crippen molar-refractivity contribution in [2.45, 2.75) is 6.92 Å². The zero-order valence-electron chi connectivity index (χ0n) is 8.60. The summed E-state index contributed by atoms with van der Waals surface area (Å²) in [5, 5.41) is 9.46. The number of nitrogen functional groups attached to an aromatic ring is 1. The van der Waals surface area contributed by atoms with Gasteiger partial charge in [-0.25, -0.2) is 4.79 Å². The van der Waals surface area contributed by atoms with Crippen molar-refractivity contribution in [1.29, 1.82) is 0 Å². The zero-order valence-corrected chi connectivity index (χ0v) is 9.41. The Labute approximate surface area is 96.4 Å². The van der Waals surface area contributed by atoms with Crippen molar-refractivity contribution >= 4 is 22.3 Å². The number of hydrogen-bond acceptors (Lipinski definition) is 4. The van der Waals surface area contributed by atoms with Gasteiger partial charge < -0.3 is 10.8 Å². The molecule has 0 aliphatic rings. The second kappa shape index (κ2) is 3.94. The van der Waals surface area contributed by atoms with E-state index < -0.39 is 5.97 Å². The molecule has 0 saturated carbocycles. The molecule has 2 aromatic heterocycles. The fraction of sp³-hybridized carbons (Fsp3) is 0.0909. The van der Waals surface area contributed by atoms with Gasteiger partial charge in [0.1, 0.15) is 10.6 Å². The molecular formula is C11H10N2O2S. The molecule has 0 atom stereocenters. The van der Waals surface area contributed by atoms with Crippen LogP contribution in [-0.4, -0.2) is 16.1 Å². The van der Waals surface area contributed by atoms with E-state index in [1.165, 1.54) is 11.3 Å². The van der Waals surface area contributed by atoms with Gasteiger partial charge in [-0.1, -0.05) is 6.07 Å². The van der Waals surface area contributed by atoms with E-state index in [1.54, 1.807) is 18.5 Å². The molecule has 0 aliphatic carbocycles. The first-order valence-corrected chi connectivity index (χ1v) is 5.45. The summed E-state index contributed by atoms with van der Waals surface area (Å²) in [6, 6.07) is 3.60. The van der Waals surface area contributed by atoms with Crippen LogP contribution in [0, 0.1) is 6.92 Å². The Morgan fingerprint density at radius 2 is 2.31 bits per heavy atom. The van der Waals surface area contributed by atoms with Gasteiger partial charge in [-0.2, -0.15) is 0 Å². The van der Waals surface area contributed by atoms with Crippen LogP contribution in [0.15, 0.2) is 24.5 Å². The van der Waals surface area contributed by atoms with Gasteiger partial charge in [0.05, 0.1) is 0 Å². The van der Waals surface area contributed by atoms with E-state index in [-0.39, 0.29) is 5.56 Å². The van der Waals surface area contributed by atoms with Crippen molar-refractivity contribution in [2.24, 2.45) is 0 Å². The largest absolute Gasteiger partial charge is 0.478 e. The van der Waals surface area contributed by atoms with Crippen LogP contribution < -0.4 is 5.73 Å². The van der Waals surface area contributed by atoms with Gasteiger partial charge >= 0.3 is 5.97 Å². The SMILES string of the molecule is Cc1sc(N)c(C(=O)O)c1-c1cccnc1. The zero-order chi connectivity index (χ0) is 11.7. The number of aromatic carboxylic acids is 1. The topological polar surface area (TPSA) is 76.2 Å². The van der Waals surface area contributed by atoms with Crippen LogP contribution >= 0.6 is 11.3 Å². The predicted molar refractivity (Wildman–Crippen MR) is 63.7 cm³/mol. The fourth-order valence-corrected chi connectivity index (χ4v) is 2.58. The van der Waals surface area contributed by atoms with E-state index in [9.17, 15) is 4.79 Å². The molecule has 0 aromatic carbocycles. The first-order valence-electron chi connectivity index (χ1n) is 4.64. The normalized spacial score (nSPS) is 10.3. The molecular weight excluding hydrogens is 224 g/mol. The second-order valence-corrected chi connectivity index (χ2v) is 4.58. The highest BCUT2D eigenvalue weighted by Gasteiger charge is 2.20. The number of nitrogens with zero attached hydrogens (tertiary/aromatic N) is 1. The van der Waals surface area contributed by atoms with E-state index >= 15 is 0 Å². The number of anilines is 1. The number of aromatic nitrogens is 1. The summed E-state index contributed by atoms with van der Waals surface area (Å²) in [5.74, 6) is -0.999. The summed E-state index contributed by atoms with van der Waals surface area (Å²) in [6.45, 7) is 1.86. The molecule has 3 N–H and O–H groups in total. The third-order valence-corrected chi connectivity index (χ3v) is 3.21. The highest BCUT2D eigenvalue weighted by molar-refractivity contribution is 7.16. The molecule has 82 valence electrons. The van der Waals surface area contributed by atoms with Crippen molar-refractivity contribution in [2.75, 3.05) is 5.73 Å². The average molecular weight is 234 g/mol. The molecule has 4 nitrogen and oxygen atoms in total. The van der Waals surface area contributed by atoms with Crippen molar-refractivity contribution in [3.63, 3.8) is 0 Å². The minimum atomic E-state index is -0.999. The van der Waals surface area contributed by atoms with E-state index in [0.717, 1.165) is 10.4 Å². The number of rotatable bonds is 2. The standard InChI is InChI=1S/C11H10N2O2S/c1-6-8(7-3-2-4-13-5-7)9(11(14)15)10(12)16-6/h2-5H,12H2,1H3,(H,14,15). The molecule has 0 saturated heterocycles. The summed E-state index contributed by atoms with van der Waals surface area (Å²) >= 11 is 1.29. The van der Waals surface area contributed by atoms with Crippen molar-refractivity contribution in [3.05, 3.63) is 35.0 Å². The molecule has 0 amide bonds. The molecule has 0 radical (unpaired) electrons. The lowest BCUT2D eigenvalue weighted by molar-refractivity contribution is 0.0699. The summed E-state index contributed by atoms with van der Waals surface area (Å²) in [7, 11) is 0. The Morgan fingerprint density at radius 3 is 2.88 bits per heavy atom. The smallest absolute Gasteiger partial charge is 0.339 e. The fourth-order valence-electron chi connectivity index (χ4n) is 1.64. The predicted octanol–water partition coefficient (Wildman–Crippen LogP) is 2.40. The van der Waals surface area contributed by atoms with Crippen molar-refractivity contribution in [1.82, 2.24) is 4.98 Å². The number of pyridine rings is 1. The Hall–Kier alpha value is -1.88. The molecule has 0 bridgehead atoms. The van der Waals surface area contributed by atoms with Gasteiger partial charge in [0.15, 0.2) is 0 Å². The Morgan fingerprint density at radius 1 is 1.56 bits per heavy atom. The molecule has 0 aliphatic heterocycles. The van der Waals surface area contributed by atoms with Gasteiger partial charge in [0.2, 0.25) is 0 Å². The molecule has 0 fully saturated rings. The van der Waals surface area contributed by atoms with Gasteiger partial charge in [0, 0.05) is 28.4 Å². The molecule has 2 heterocycles.